The molecule has 4 nitrogen and oxygen atoms in total. The van der Waals surface area contributed by atoms with E-state index in [1.807, 2.05) is 0 Å². The van der Waals surface area contributed by atoms with Gasteiger partial charge in [0.2, 0.25) is 0 Å². The van der Waals surface area contributed by atoms with Crippen LogP contribution in [0.5, 0.6) is 0 Å². The summed E-state index contributed by atoms with van der Waals surface area (Å²) in [5, 5.41) is 0. The van der Waals surface area contributed by atoms with Crippen LogP contribution < -0.4 is 0 Å². The largest absolute Gasteiger partial charge is 0.466 e. The van der Waals surface area contributed by atoms with Crippen molar-refractivity contribution < 1.29 is 19.1 Å². The Hall–Kier alpha value is -1.58. The van der Waals surface area contributed by atoms with E-state index in [2.05, 4.69) is 16.1 Å². The highest BCUT2D eigenvalue weighted by Gasteiger charge is 2.03. The summed E-state index contributed by atoms with van der Waals surface area (Å²) in [5.41, 5.74) is 0.215. The van der Waals surface area contributed by atoms with E-state index in [1.54, 1.807) is 0 Å². The zero-order chi connectivity index (χ0) is 9.56. The highest BCUT2D eigenvalue weighted by molar-refractivity contribution is 5.88. The minimum Gasteiger partial charge on any atom is -0.466 e. The second-order valence-electron chi connectivity index (χ2n) is 1.93. The number of methoxy groups -OCH3 is 1. The van der Waals surface area contributed by atoms with E-state index in [4.69, 9.17) is 0 Å². The molecule has 4 heteroatoms. The van der Waals surface area contributed by atoms with Crippen LogP contribution in [-0.4, -0.2) is 19.0 Å². The average Bonchev–Trinajstić information content (AvgIpc) is 2.11. The van der Waals surface area contributed by atoms with Gasteiger partial charge in [-0.15, -0.1) is 0 Å². The highest BCUT2D eigenvalue weighted by Crippen LogP contribution is 1.96. The predicted molar refractivity (Wildman–Crippen MR) is 42.1 cm³/mol. The van der Waals surface area contributed by atoms with E-state index in [9.17, 15) is 9.59 Å². The molecule has 66 valence electrons. The summed E-state index contributed by atoms with van der Waals surface area (Å²) in [6, 6.07) is 0. The lowest BCUT2D eigenvalue weighted by Gasteiger charge is -1.97. The first kappa shape index (κ1) is 10.4. The maximum absolute atomic E-state index is 10.7. The van der Waals surface area contributed by atoms with Crippen LogP contribution in [-0.2, 0) is 19.1 Å². The molecule has 0 bridgehead atoms. The van der Waals surface area contributed by atoms with Crippen LogP contribution in [0.2, 0.25) is 0 Å². The Morgan fingerprint density at radius 2 is 2.00 bits per heavy atom. The Kier molecular flexibility index (Phi) is 4.45. The number of hydrogen-bond acceptors (Lipinski definition) is 4. The van der Waals surface area contributed by atoms with Crippen LogP contribution >= 0.6 is 0 Å². The molecule has 0 radical (unpaired) electrons. The topological polar surface area (TPSA) is 52.6 Å². The molecule has 0 aliphatic heterocycles. The predicted octanol–water partition coefficient (Wildman–Crippen LogP) is 0.792. The molecule has 0 atom stereocenters. The Bertz CT molecular complexity index is 227. The quantitative estimate of drug-likeness (QED) is 0.357. The number of carbonyl (C=O) groups excluding carboxylic acids is 2. The van der Waals surface area contributed by atoms with E-state index >= 15 is 0 Å². The third kappa shape index (κ3) is 3.55. The molecular formula is C8H10O4. The van der Waals surface area contributed by atoms with Crippen molar-refractivity contribution in [2.75, 3.05) is 7.11 Å². The van der Waals surface area contributed by atoms with Crippen molar-refractivity contribution in [1.82, 2.24) is 0 Å². The van der Waals surface area contributed by atoms with Crippen LogP contribution in [0.4, 0.5) is 0 Å². The van der Waals surface area contributed by atoms with Crippen LogP contribution in [0.3, 0.4) is 0 Å². The molecule has 0 aliphatic rings. The third-order valence-corrected chi connectivity index (χ3v) is 1.03. The van der Waals surface area contributed by atoms with Gasteiger partial charge >= 0.3 is 11.9 Å². The van der Waals surface area contributed by atoms with E-state index in [1.165, 1.54) is 14.0 Å². The molecular weight excluding hydrogens is 160 g/mol. The molecule has 0 N–H and O–H groups in total. The number of ether oxygens (including phenoxy) is 2. The van der Waals surface area contributed by atoms with Gasteiger partial charge in [-0.25, -0.2) is 9.59 Å². The Labute approximate surface area is 70.5 Å². The van der Waals surface area contributed by atoms with Gasteiger partial charge in [-0.2, -0.15) is 0 Å². The summed E-state index contributed by atoms with van der Waals surface area (Å²) in [7, 11) is 1.25. The molecule has 0 unspecified atom stereocenters. The molecule has 0 spiro atoms. The first-order valence-corrected chi connectivity index (χ1v) is 3.20. The molecule has 0 rings (SSSR count). The van der Waals surface area contributed by atoms with Crippen molar-refractivity contribution in [2.45, 2.75) is 6.92 Å². The molecule has 0 heterocycles. The average molecular weight is 170 g/mol. The molecule has 0 aromatic rings. The van der Waals surface area contributed by atoms with Gasteiger partial charge in [0.25, 0.3) is 0 Å². The monoisotopic (exact) mass is 170 g/mol. The maximum Gasteiger partial charge on any atom is 0.336 e. The normalized spacial score (nSPS) is 10.3. The van der Waals surface area contributed by atoms with E-state index in [-0.39, 0.29) is 5.57 Å². The fourth-order valence-electron chi connectivity index (χ4n) is 0.404. The van der Waals surface area contributed by atoms with Gasteiger partial charge in [0.1, 0.15) is 6.26 Å². The second kappa shape index (κ2) is 5.12. The lowest BCUT2D eigenvalue weighted by atomic mass is 10.3. The van der Waals surface area contributed by atoms with Crippen LogP contribution in [0.15, 0.2) is 24.5 Å². The molecule has 0 saturated carbocycles. The first-order valence-electron chi connectivity index (χ1n) is 3.20. The van der Waals surface area contributed by atoms with Crippen molar-refractivity contribution in [3.05, 3.63) is 24.5 Å². The van der Waals surface area contributed by atoms with Gasteiger partial charge in [-0.3, -0.25) is 0 Å². The summed E-state index contributed by atoms with van der Waals surface area (Å²) >= 11 is 0. The van der Waals surface area contributed by atoms with E-state index in [0.29, 0.717) is 0 Å². The number of hydrogen-bond donors (Lipinski definition) is 0. The minimum atomic E-state index is -0.613. The smallest absolute Gasteiger partial charge is 0.336 e. The van der Waals surface area contributed by atoms with Crippen LogP contribution in [0.1, 0.15) is 6.92 Å². The van der Waals surface area contributed by atoms with Crippen molar-refractivity contribution in [2.24, 2.45) is 0 Å². The van der Waals surface area contributed by atoms with Crippen molar-refractivity contribution in [3.8, 4) is 0 Å². The van der Waals surface area contributed by atoms with Crippen molar-refractivity contribution >= 4 is 11.9 Å². The molecule has 0 aromatic carbocycles. The molecule has 0 aliphatic carbocycles. The van der Waals surface area contributed by atoms with Gasteiger partial charge in [0, 0.05) is 6.08 Å². The Morgan fingerprint density at radius 3 is 2.42 bits per heavy atom. The summed E-state index contributed by atoms with van der Waals surface area (Å²) < 4.78 is 8.81. The summed E-state index contributed by atoms with van der Waals surface area (Å²) in [6.45, 7) is 4.66. The van der Waals surface area contributed by atoms with Gasteiger partial charge in [-0.05, 0) is 6.92 Å². The van der Waals surface area contributed by atoms with E-state index in [0.717, 1.165) is 12.3 Å². The van der Waals surface area contributed by atoms with Crippen LogP contribution in [0, 0.1) is 0 Å². The van der Waals surface area contributed by atoms with Gasteiger partial charge < -0.3 is 9.47 Å². The second-order valence-corrected chi connectivity index (χ2v) is 1.93. The fourth-order valence-corrected chi connectivity index (χ4v) is 0.404. The van der Waals surface area contributed by atoms with Crippen LogP contribution in [0.25, 0.3) is 0 Å². The van der Waals surface area contributed by atoms with Gasteiger partial charge in [0.05, 0.1) is 12.7 Å². The number of carbonyl (C=O) groups is 2. The van der Waals surface area contributed by atoms with Gasteiger partial charge in [0.15, 0.2) is 0 Å². The molecule has 0 saturated heterocycles. The fraction of sp³-hybridized carbons (Fsp3) is 0.250. The zero-order valence-corrected chi connectivity index (χ0v) is 6.99. The number of esters is 2. The van der Waals surface area contributed by atoms with E-state index < -0.39 is 11.9 Å². The summed E-state index contributed by atoms with van der Waals surface area (Å²) in [5.74, 6) is -1.15. The third-order valence-electron chi connectivity index (χ3n) is 1.03. The number of rotatable bonds is 3. The first-order chi connectivity index (χ1) is 5.61. The molecule has 0 aromatic heterocycles. The Balaban J connectivity index is 4.09. The summed E-state index contributed by atoms with van der Waals surface area (Å²) in [6.07, 6.45) is 2.02. The zero-order valence-electron chi connectivity index (χ0n) is 6.99. The van der Waals surface area contributed by atoms with Crippen molar-refractivity contribution in [1.29, 1.82) is 0 Å². The SMILES string of the molecule is C=CC(=O)OC=C(C)C(=O)OC. The van der Waals surface area contributed by atoms with Gasteiger partial charge in [-0.1, -0.05) is 6.58 Å². The highest BCUT2D eigenvalue weighted by atomic mass is 16.5. The van der Waals surface area contributed by atoms with Crippen molar-refractivity contribution in [3.63, 3.8) is 0 Å². The maximum atomic E-state index is 10.7. The Morgan fingerprint density at radius 1 is 1.42 bits per heavy atom. The standard InChI is InChI=1S/C8H10O4/c1-4-7(9)12-5-6(2)8(10)11-3/h4-5H,1H2,2-3H3. The molecule has 0 amide bonds. The summed E-state index contributed by atoms with van der Waals surface area (Å²) in [4.78, 5) is 21.2. The molecule has 0 fully saturated rings. The molecule has 12 heavy (non-hydrogen) atoms. The minimum absolute atomic E-state index is 0.215. The lowest BCUT2D eigenvalue weighted by molar-refractivity contribution is -0.136. The lowest BCUT2D eigenvalue weighted by Crippen LogP contribution is -2.03.